The summed E-state index contributed by atoms with van der Waals surface area (Å²) in [7, 11) is 2.81. The number of rotatable bonds is 7. The SMILES string of the molecule is COCC(=O)Oc1cccc(-c2csc(-c3cc(C(=O)OC)sc3SC)n2)c1. The monoisotopic (exact) mass is 435 g/mol. The van der Waals surface area contributed by atoms with Gasteiger partial charge in [0.1, 0.15) is 22.2 Å². The number of thioether (sulfide) groups is 1. The van der Waals surface area contributed by atoms with Crippen LogP contribution in [0.5, 0.6) is 5.75 Å². The van der Waals surface area contributed by atoms with Gasteiger partial charge in [-0.1, -0.05) is 12.1 Å². The summed E-state index contributed by atoms with van der Waals surface area (Å²) in [5, 5.41) is 2.75. The average molecular weight is 436 g/mol. The number of carbonyl (C=O) groups excluding carboxylic acids is 2. The van der Waals surface area contributed by atoms with Crippen molar-refractivity contribution in [2.45, 2.75) is 4.21 Å². The van der Waals surface area contributed by atoms with Crippen LogP contribution in [0.25, 0.3) is 21.8 Å². The van der Waals surface area contributed by atoms with E-state index in [4.69, 9.17) is 19.2 Å². The number of hydrogen-bond acceptors (Lipinski definition) is 9. The standard InChI is InChI=1S/C19H17NO5S3/c1-23-9-16(21)25-12-6-4-5-11(7-12)14-10-27-17(20-14)13-8-15(18(22)24-2)28-19(13)26-3/h4-8,10H,9H2,1-3H3. The molecule has 0 radical (unpaired) electrons. The molecule has 3 aromatic rings. The minimum absolute atomic E-state index is 0.108. The van der Waals surface area contributed by atoms with Crippen molar-refractivity contribution in [1.82, 2.24) is 4.98 Å². The van der Waals surface area contributed by atoms with E-state index >= 15 is 0 Å². The first-order valence-electron chi connectivity index (χ1n) is 8.07. The molecule has 0 aliphatic rings. The summed E-state index contributed by atoms with van der Waals surface area (Å²) in [6, 6.07) is 8.98. The van der Waals surface area contributed by atoms with E-state index in [0.717, 1.165) is 26.0 Å². The van der Waals surface area contributed by atoms with Crippen molar-refractivity contribution >= 4 is 46.4 Å². The Labute approximate surface area is 174 Å². The van der Waals surface area contributed by atoms with Crippen LogP contribution in [0.4, 0.5) is 0 Å². The molecular formula is C19H17NO5S3. The molecule has 1 aromatic carbocycles. The number of hydrogen-bond donors (Lipinski definition) is 0. The maximum atomic E-state index is 11.8. The summed E-state index contributed by atoms with van der Waals surface area (Å²) in [6.07, 6.45) is 1.96. The van der Waals surface area contributed by atoms with Gasteiger partial charge in [-0.3, -0.25) is 0 Å². The van der Waals surface area contributed by atoms with E-state index in [1.54, 1.807) is 30.0 Å². The van der Waals surface area contributed by atoms with Gasteiger partial charge in [0, 0.05) is 23.6 Å². The number of esters is 2. The molecule has 0 bridgehead atoms. The molecule has 0 saturated carbocycles. The molecule has 6 nitrogen and oxygen atoms in total. The maximum absolute atomic E-state index is 11.8. The Balaban J connectivity index is 1.88. The van der Waals surface area contributed by atoms with Crippen LogP contribution in [0.15, 0.2) is 39.9 Å². The summed E-state index contributed by atoms with van der Waals surface area (Å²) < 4.78 is 15.8. The molecule has 0 aliphatic carbocycles. The molecule has 146 valence electrons. The van der Waals surface area contributed by atoms with Gasteiger partial charge in [0.15, 0.2) is 0 Å². The van der Waals surface area contributed by atoms with Gasteiger partial charge in [0.05, 0.1) is 17.0 Å². The molecule has 0 saturated heterocycles. The van der Waals surface area contributed by atoms with Gasteiger partial charge in [-0.2, -0.15) is 0 Å². The molecule has 0 fully saturated rings. The molecule has 0 aliphatic heterocycles. The first-order chi connectivity index (χ1) is 13.5. The number of aromatic nitrogens is 1. The Kier molecular flexibility index (Phi) is 6.84. The molecule has 2 aromatic heterocycles. The fraction of sp³-hybridized carbons (Fsp3) is 0.211. The Bertz CT molecular complexity index is 995. The van der Waals surface area contributed by atoms with Gasteiger partial charge < -0.3 is 14.2 Å². The Morgan fingerprint density at radius 3 is 2.75 bits per heavy atom. The van der Waals surface area contributed by atoms with Crippen molar-refractivity contribution in [1.29, 1.82) is 0 Å². The smallest absolute Gasteiger partial charge is 0.348 e. The highest BCUT2D eigenvalue weighted by atomic mass is 32.2. The average Bonchev–Trinajstić information content (AvgIpc) is 3.34. The van der Waals surface area contributed by atoms with E-state index in [1.165, 1.54) is 36.9 Å². The first kappa shape index (κ1) is 20.5. The van der Waals surface area contributed by atoms with E-state index < -0.39 is 5.97 Å². The summed E-state index contributed by atoms with van der Waals surface area (Å²) in [4.78, 5) is 28.7. The maximum Gasteiger partial charge on any atom is 0.348 e. The second-order valence-electron chi connectivity index (χ2n) is 5.48. The van der Waals surface area contributed by atoms with E-state index in [0.29, 0.717) is 10.6 Å². The zero-order chi connectivity index (χ0) is 20.1. The highest BCUT2D eigenvalue weighted by Crippen LogP contribution is 2.40. The number of benzene rings is 1. The second-order valence-corrected chi connectivity index (χ2v) is 8.47. The molecule has 0 atom stereocenters. The van der Waals surface area contributed by atoms with E-state index in [9.17, 15) is 9.59 Å². The highest BCUT2D eigenvalue weighted by molar-refractivity contribution is 8.00. The van der Waals surface area contributed by atoms with Crippen LogP contribution in [-0.2, 0) is 14.3 Å². The predicted molar refractivity (Wildman–Crippen MR) is 111 cm³/mol. The third-order valence-corrected chi connectivity index (χ3v) is 6.75. The van der Waals surface area contributed by atoms with E-state index in [1.807, 2.05) is 23.8 Å². The Morgan fingerprint density at radius 1 is 1.21 bits per heavy atom. The van der Waals surface area contributed by atoms with Gasteiger partial charge in [-0.25, -0.2) is 14.6 Å². The van der Waals surface area contributed by atoms with Crippen LogP contribution in [-0.4, -0.2) is 44.0 Å². The Hall–Kier alpha value is -2.20. The van der Waals surface area contributed by atoms with Crippen molar-refractivity contribution < 1.29 is 23.8 Å². The largest absolute Gasteiger partial charge is 0.465 e. The van der Waals surface area contributed by atoms with Gasteiger partial charge in [-0.05, 0) is 24.5 Å². The number of carbonyl (C=O) groups is 2. The third kappa shape index (κ3) is 4.61. The topological polar surface area (TPSA) is 74.7 Å². The number of ether oxygens (including phenoxy) is 3. The zero-order valence-electron chi connectivity index (χ0n) is 15.4. The normalized spacial score (nSPS) is 10.7. The summed E-state index contributed by atoms with van der Waals surface area (Å²) in [5.41, 5.74) is 2.51. The van der Waals surface area contributed by atoms with Crippen molar-refractivity contribution in [3.8, 4) is 27.6 Å². The molecular weight excluding hydrogens is 418 g/mol. The molecule has 0 spiro atoms. The molecule has 28 heavy (non-hydrogen) atoms. The Morgan fingerprint density at radius 2 is 2.04 bits per heavy atom. The third-order valence-electron chi connectivity index (χ3n) is 3.63. The minimum atomic E-state index is -0.461. The van der Waals surface area contributed by atoms with E-state index in [-0.39, 0.29) is 12.6 Å². The lowest BCUT2D eigenvalue weighted by atomic mass is 10.1. The molecule has 0 N–H and O–H groups in total. The molecule has 0 unspecified atom stereocenters. The first-order valence-corrected chi connectivity index (χ1v) is 11.0. The minimum Gasteiger partial charge on any atom is -0.465 e. The van der Waals surface area contributed by atoms with Gasteiger partial charge in [-0.15, -0.1) is 34.4 Å². The van der Waals surface area contributed by atoms with Crippen molar-refractivity contribution in [2.24, 2.45) is 0 Å². The highest BCUT2D eigenvalue weighted by Gasteiger charge is 2.18. The fourth-order valence-electron chi connectivity index (χ4n) is 2.40. The second kappa shape index (κ2) is 9.33. The fourth-order valence-corrected chi connectivity index (χ4v) is 5.17. The van der Waals surface area contributed by atoms with Crippen LogP contribution in [0.3, 0.4) is 0 Å². The lowest BCUT2D eigenvalue weighted by molar-refractivity contribution is -0.138. The van der Waals surface area contributed by atoms with Crippen LogP contribution < -0.4 is 4.74 Å². The summed E-state index contributed by atoms with van der Waals surface area (Å²) >= 11 is 4.45. The molecule has 2 heterocycles. The lowest BCUT2D eigenvalue weighted by Crippen LogP contribution is -2.14. The van der Waals surface area contributed by atoms with Gasteiger partial charge in [0.2, 0.25) is 0 Å². The molecule has 9 heteroatoms. The molecule has 0 amide bonds. The van der Waals surface area contributed by atoms with Gasteiger partial charge >= 0.3 is 11.9 Å². The summed E-state index contributed by atoms with van der Waals surface area (Å²) in [6.45, 7) is -0.108. The van der Waals surface area contributed by atoms with Gasteiger partial charge in [0.25, 0.3) is 0 Å². The van der Waals surface area contributed by atoms with Crippen LogP contribution in [0.1, 0.15) is 9.67 Å². The summed E-state index contributed by atoms with van der Waals surface area (Å²) in [5.74, 6) is -0.381. The van der Waals surface area contributed by atoms with Crippen LogP contribution in [0.2, 0.25) is 0 Å². The number of methoxy groups -OCH3 is 2. The zero-order valence-corrected chi connectivity index (χ0v) is 17.8. The van der Waals surface area contributed by atoms with E-state index in [2.05, 4.69) is 0 Å². The number of thiazole rings is 1. The van der Waals surface area contributed by atoms with Crippen LogP contribution >= 0.6 is 34.4 Å². The van der Waals surface area contributed by atoms with Crippen LogP contribution in [0, 0.1) is 0 Å². The van der Waals surface area contributed by atoms with Crippen molar-refractivity contribution in [3.05, 3.63) is 40.6 Å². The number of nitrogens with zero attached hydrogens (tertiary/aromatic N) is 1. The quantitative estimate of drug-likeness (QED) is 0.305. The van der Waals surface area contributed by atoms with Crippen molar-refractivity contribution in [3.63, 3.8) is 0 Å². The predicted octanol–water partition coefficient (Wildman–Crippen LogP) is 4.60. The number of thiophene rings is 1. The lowest BCUT2D eigenvalue weighted by Gasteiger charge is -2.05. The van der Waals surface area contributed by atoms with Crippen molar-refractivity contribution in [2.75, 3.05) is 27.1 Å². The molecule has 3 rings (SSSR count).